The zero-order valence-corrected chi connectivity index (χ0v) is 9.57. The van der Waals surface area contributed by atoms with E-state index in [0.29, 0.717) is 12.6 Å². The van der Waals surface area contributed by atoms with Crippen molar-refractivity contribution in [3.63, 3.8) is 0 Å². The summed E-state index contributed by atoms with van der Waals surface area (Å²) in [4.78, 5) is 15.0. The van der Waals surface area contributed by atoms with Crippen LogP contribution in [0, 0.1) is 0 Å². The van der Waals surface area contributed by atoms with Gasteiger partial charge in [0.1, 0.15) is 0 Å². The van der Waals surface area contributed by atoms with Gasteiger partial charge in [-0.25, -0.2) is 4.79 Å². The van der Waals surface area contributed by atoms with Crippen LogP contribution in [0.5, 0.6) is 0 Å². The number of hydrogen-bond acceptors (Lipinski definition) is 3. The molecule has 0 aliphatic carbocycles. The summed E-state index contributed by atoms with van der Waals surface area (Å²) in [5.41, 5.74) is 0.286. The summed E-state index contributed by atoms with van der Waals surface area (Å²) in [7, 11) is 4.14. The molecule has 1 saturated heterocycles. The lowest BCUT2D eigenvalue weighted by Crippen LogP contribution is -2.45. The molecule has 4 nitrogen and oxygen atoms in total. The quantitative estimate of drug-likeness (QED) is 0.695. The molecule has 1 atom stereocenters. The topological polar surface area (TPSA) is 43.8 Å². The van der Waals surface area contributed by atoms with Gasteiger partial charge in [0.2, 0.25) is 0 Å². The van der Waals surface area contributed by atoms with Gasteiger partial charge in [-0.15, -0.1) is 0 Å². The van der Waals surface area contributed by atoms with E-state index in [9.17, 15) is 4.79 Å². The Hall–Kier alpha value is -0.870. The van der Waals surface area contributed by atoms with Crippen LogP contribution in [0.15, 0.2) is 12.2 Å². The highest BCUT2D eigenvalue weighted by molar-refractivity contribution is 5.86. The van der Waals surface area contributed by atoms with Crippen molar-refractivity contribution in [2.75, 3.05) is 33.7 Å². The molecule has 0 saturated carbocycles. The number of carbonyl (C=O) groups is 1. The van der Waals surface area contributed by atoms with Crippen molar-refractivity contribution in [2.45, 2.75) is 18.9 Å². The van der Waals surface area contributed by atoms with Crippen molar-refractivity contribution in [1.82, 2.24) is 9.80 Å². The van der Waals surface area contributed by atoms with Gasteiger partial charge in [0, 0.05) is 24.7 Å². The smallest absolute Gasteiger partial charge is 0.332 e. The molecule has 1 aliphatic rings. The van der Waals surface area contributed by atoms with E-state index >= 15 is 0 Å². The maximum atomic E-state index is 10.7. The summed E-state index contributed by atoms with van der Waals surface area (Å²) in [6.07, 6.45) is 2.33. The fourth-order valence-electron chi connectivity index (χ4n) is 1.93. The van der Waals surface area contributed by atoms with E-state index in [-0.39, 0.29) is 5.57 Å². The second-order valence-electron chi connectivity index (χ2n) is 4.40. The number of likely N-dealkylation sites (tertiary alicyclic amines) is 1. The standard InChI is InChI=1S/C11H20N2O2/c1-9(11(14)15)7-13-6-4-5-10(8-13)12(2)3/h10H,1,4-8H2,2-3H3,(H,14,15). The van der Waals surface area contributed by atoms with Crippen molar-refractivity contribution in [2.24, 2.45) is 0 Å². The Morgan fingerprint density at radius 1 is 1.60 bits per heavy atom. The SMILES string of the molecule is C=C(CN1CCCC(N(C)C)C1)C(=O)O. The van der Waals surface area contributed by atoms with E-state index in [1.807, 2.05) is 0 Å². The molecule has 0 aromatic rings. The largest absolute Gasteiger partial charge is 0.478 e. The Kier molecular flexibility index (Phi) is 4.29. The predicted octanol–water partition coefficient (Wildman–Crippen LogP) is 0.653. The Morgan fingerprint density at radius 2 is 2.27 bits per heavy atom. The van der Waals surface area contributed by atoms with Crippen molar-refractivity contribution < 1.29 is 9.90 Å². The summed E-state index contributed by atoms with van der Waals surface area (Å²) in [6, 6.07) is 0.542. The van der Waals surface area contributed by atoms with Crippen LogP contribution in [-0.4, -0.2) is 60.6 Å². The first-order chi connectivity index (χ1) is 7.00. The van der Waals surface area contributed by atoms with E-state index < -0.39 is 5.97 Å². The molecule has 4 heteroatoms. The molecular weight excluding hydrogens is 192 g/mol. The van der Waals surface area contributed by atoms with Gasteiger partial charge >= 0.3 is 5.97 Å². The fourth-order valence-corrected chi connectivity index (χ4v) is 1.93. The molecule has 1 N–H and O–H groups in total. The van der Waals surface area contributed by atoms with Crippen LogP contribution in [0.1, 0.15) is 12.8 Å². The maximum absolute atomic E-state index is 10.7. The molecule has 86 valence electrons. The highest BCUT2D eigenvalue weighted by Crippen LogP contribution is 2.14. The molecule has 0 spiro atoms. The Balaban J connectivity index is 2.43. The second kappa shape index (κ2) is 5.28. The Labute approximate surface area is 91.2 Å². The molecule has 0 radical (unpaired) electrons. The third kappa shape index (κ3) is 3.64. The normalized spacial score (nSPS) is 23.0. The molecule has 1 heterocycles. The molecule has 0 amide bonds. The summed E-state index contributed by atoms with van der Waals surface area (Å²) in [5.74, 6) is -0.887. The lowest BCUT2D eigenvalue weighted by atomic mass is 10.0. The summed E-state index contributed by atoms with van der Waals surface area (Å²) in [5, 5.41) is 8.75. The van der Waals surface area contributed by atoms with Gasteiger partial charge in [0.25, 0.3) is 0 Å². The molecular formula is C11H20N2O2. The van der Waals surface area contributed by atoms with E-state index in [2.05, 4.69) is 30.5 Å². The van der Waals surface area contributed by atoms with E-state index in [1.165, 1.54) is 6.42 Å². The molecule has 0 aromatic heterocycles. The first-order valence-corrected chi connectivity index (χ1v) is 5.30. The first kappa shape index (κ1) is 12.2. The zero-order valence-electron chi connectivity index (χ0n) is 9.57. The van der Waals surface area contributed by atoms with E-state index in [0.717, 1.165) is 19.5 Å². The predicted molar refractivity (Wildman–Crippen MR) is 59.9 cm³/mol. The Morgan fingerprint density at radius 3 is 2.80 bits per heavy atom. The molecule has 15 heavy (non-hydrogen) atoms. The van der Waals surface area contributed by atoms with Gasteiger partial charge in [-0.3, -0.25) is 4.90 Å². The third-order valence-electron chi connectivity index (χ3n) is 2.93. The van der Waals surface area contributed by atoms with Gasteiger partial charge < -0.3 is 10.0 Å². The van der Waals surface area contributed by atoms with Crippen molar-refractivity contribution in [1.29, 1.82) is 0 Å². The van der Waals surface area contributed by atoms with Crippen LogP contribution >= 0.6 is 0 Å². The summed E-state index contributed by atoms with van der Waals surface area (Å²) < 4.78 is 0. The minimum absolute atomic E-state index is 0.286. The number of rotatable bonds is 4. The number of hydrogen-bond donors (Lipinski definition) is 1. The highest BCUT2D eigenvalue weighted by atomic mass is 16.4. The molecule has 0 bridgehead atoms. The maximum Gasteiger partial charge on any atom is 0.332 e. The number of piperidine rings is 1. The number of aliphatic carboxylic acids is 1. The first-order valence-electron chi connectivity index (χ1n) is 5.30. The van der Waals surface area contributed by atoms with Gasteiger partial charge in [-0.05, 0) is 33.5 Å². The minimum Gasteiger partial charge on any atom is -0.478 e. The summed E-state index contributed by atoms with van der Waals surface area (Å²) in [6.45, 7) is 5.98. The zero-order chi connectivity index (χ0) is 11.4. The van der Waals surface area contributed by atoms with Gasteiger partial charge in [-0.1, -0.05) is 6.58 Å². The van der Waals surface area contributed by atoms with Crippen molar-refractivity contribution >= 4 is 5.97 Å². The molecule has 1 aliphatic heterocycles. The molecule has 1 fully saturated rings. The van der Waals surface area contributed by atoms with Crippen LogP contribution < -0.4 is 0 Å². The van der Waals surface area contributed by atoms with Crippen LogP contribution in [-0.2, 0) is 4.79 Å². The van der Waals surface area contributed by atoms with Gasteiger partial charge in [0.05, 0.1) is 0 Å². The van der Waals surface area contributed by atoms with Gasteiger partial charge in [0.15, 0.2) is 0 Å². The lowest BCUT2D eigenvalue weighted by molar-refractivity contribution is -0.132. The monoisotopic (exact) mass is 212 g/mol. The van der Waals surface area contributed by atoms with Crippen LogP contribution in [0.2, 0.25) is 0 Å². The Bertz CT molecular complexity index is 251. The molecule has 0 aromatic carbocycles. The number of carboxylic acid groups (broad SMARTS) is 1. The van der Waals surface area contributed by atoms with Crippen LogP contribution in [0.25, 0.3) is 0 Å². The average molecular weight is 212 g/mol. The van der Waals surface area contributed by atoms with E-state index in [1.54, 1.807) is 0 Å². The van der Waals surface area contributed by atoms with Crippen LogP contribution in [0.4, 0.5) is 0 Å². The third-order valence-corrected chi connectivity index (χ3v) is 2.93. The highest BCUT2D eigenvalue weighted by Gasteiger charge is 2.22. The van der Waals surface area contributed by atoms with Crippen molar-refractivity contribution in [3.05, 3.63) is 12.2 Å². The second-order valence-corrected chi connectivity index (χ2v) is 4.40. The molecule has 1 unspecified atom stereocenters. The number of nitrogens with zero attached hydrogens (tertiary/aromatic N) is 2. The average Bonchev–Trinajstić information content (AvgIpc) is 2.18. The van der Waals surface area contributed by atoms with Gasteiger partial charge in [-0.2, -0.15) is 0 Å². The lowest BCUT2D eigenvalue weighted by Gasteiger charge is -2.36. The fraction of sp³-hybridized carbons (Fsp3) is 0.727. The molecule has 1 rings (SSSR count). The van der Waals surface area contributed by atoms with Crippen LogP contribution in [0.3, 0.4) is 0 Å². The van der Waals surface area contributed by atoms with E-state index in [4.69, 9.17) is 5.11 Å². The number of carboxylic acids is 1. The minimum atomic E-state index is -0.887. The number of likely N-dealkylation sites (N-methyl/N-ethyl adjacent to an activating group) is 1. The van der Waals surface area contributed by atoms with Crippen molar-refractivity contribution in [3.8, 4) is 0 Å². The summed E-state index contributed by atoms with van der Waals surface area (Å²) >= 11 is 0.